The average Bonchev–Trinajstić information content (AvgIpc) is 2.41. The molecule has 0 aliphatic heterocycles. The van der Waals surface area contributed by atoms with E-state index in [0.717, 1.165) is 18.6 Å². The van der Waals surface area contributed by atoms with Crippen LogP contribution in [0.15, 0.2) is 30.3 Å². The van der Waals surface area contributed by atoms with Crippen molar-refractivity contribution in [3.05, 3.63) is 30.3 Å². The number of ether oxygens (including phenoxy) is 2. The number of hydrogen-bond acceptors (Lipinski definition) is 3. The second kappa shape index (κ2) is 7.93. The SMILES string of the molecule is CCC(CC(C)(C)C)C(=O)OCCOc1ccccc1. The Morgan fingerprint density at radius 2 is 1.80 bits per heavy atom. The molecule has 0 heterocycles. The molecule has 1 rings (SSSR count). The van der Waals surface area contributed by atoms with Gasteiger partial charge in [0.05, 0.1) is 5.92 Å². The summed E-state index contributed by atoms with van der Waals surface area (Å²) < 4.78 is 10.8. The van der Waals surface area contributed by atoms with Gasteiger partial charge in [-0.25, -0.2) is 0 Å². The Labute approximate surface area is 122 Å². The first-order valence-corrected chi connectivity index (χ1v) is 7.27. The van der Waals surface area contributed by atoms with Crippen LogP contribution in [-0.2, 0) is 9.53 Å². The molecule has 0 radical (unpaired) electrons. The highest BCUT2D eigenvalue weighted by molar-refractivity contribution is 5.72. The number of para-hydroxylation sites is 1. The molecule has 3 nitrogen and oxygen atoms in total. The minimum Gasteiger partial charge on any atom is -0.490 e. The Hall–Kier alpha value is -1.51. The van der Waals surface area contributed by atoms with Gasteiger partial charge in [-0.15, -0.1) is 0 Å². The van der Waals surface area contributed by atoms with Crippen molar-refractivity contribution in [2.24, 2.45) is 11.3 Å². The predicted molar refractivity (Wildman–Crippen MR) is 80.7 cm³/mol. The van der Waals surface area contributed by atoms with Crippen molar-refractivity contribution in [1.29, 1.82) is 0 Å². The Kier molecular flexibility index (Phi) is 6.56. The molecule has 0 aromatic heterocycles. The molecule has 0 saturated heterocycles. The van der Waals surface area contributed by atoms with Crippen LogP contribution in [-0.4, -0.2) is 19.2 Å². The Bertz CT molecular complexity index is 392. The van der Waals surface area contributed by atoms with E-state index in [0.29, 0.717) is 13.2 Å². The van der Waals surface area contributed by atoms with Crippen molar-refractivity contribution in [2.45, 2.75) is 40.5 Å². The van der Waals surface area contributed by atoms with Crippen LogP contribution in [0.5, 0.6) is 5.75 Å². The van der Waals surface area contributed by atoms with Crippen molar-refractivity contribution < 1.29 is 14.3 Å². The van der Waals surface area contributed by atoms with Crippen molar-refractivity contribution >= 4 is 5.97 Å². The Balaban J connectivity index is 2.28. The van der Waals surface area contributed by atoms with Gasteiger partial charge in [0.15, 0.2) is 0 Å². The second-order valence-electron chi connectivity index (χ2n) is 6.20. The van der Waals surface area contributed by atoms with Gasteiger partial charge in [0.25, 0.3) is 0 Å². The minimum atomic E-state index is -0.112. The third-order valence-electron chi connectivity index (χ3n) is 3.02. The summed E-state index contributed by atoms with van der Waals surface area (Å²) in [5, 5.41) is 0. The van der Waals surface area contributed by atoms with Crippen LogP contribution in [0.2, 0.25) is 0 Å². The predicted octanol–water partition coefficient (Wildman–Crippen LogP) is 4.07. The molecule has 1 unspecified atom stereocenters. The maximum Gasteiger partial charge on any atom is 0.309 e. The maximum atomic E-state index is 12.0. The molecular formula is C17H26O3. The minimum absolute atomic E-state index is 0.0216. The lowest BCUT2D eigenvalue weighted by molar-refractivity contribution is -0.150. The van der Waals surface area contributed by atoms with Crippen LogP contribution in [0.25, 0.3) is 0 Å². The van der Waals surface area contributed by atoms with Gasteiger partial charge in [-0.3, -0.25) is 4.79 Å². The van der Waals surface area contributed by atoms with E-state index in [1.807, 2.05) is 37.3 Å². The fourth-order valence-corrected chi connectivity index (χ4v) is 2.07. The van der Waals surface area contributed by atoms with Gasteiger partial charge >= 0.3 is 5.97 Å². The highest BCUT2D eigenvalue weighted by atomic mass is 16.6. The van der Waals surface area contributed by atoms with Gasteiger partial charge in [-0.1, -0.05) is 45.9 Å². The fourth-order valence-electron chi connectivity index (χ4n) is 2.07. The third-order valence-corrected chi connectivity index (χ3v) is 3.02. The summed E-state index contributed by atoms with van der Waals surface area (Å²) in [6, 6.07) is 9.54. The lowest BCUT2D eigenvalue weighted by Gasteiger charge is -2.23. The van der Waals surface area contributed by atoms with Gasteiger partial charge in [0.1, 0.15) is 19.0 Å². The number of carbonyl (C=O) groups is 1. The summed E-state index contributed by atoms with van der Waals surface area (Å²) in [6.45, 7) is 9.14. The molecule has 1 aromatic rings. The molecule has 112 valence electrons. The molecule has 1 atom stereocenters. The van der Waals surface area contributed by atoms with Gasteiger partial charge in [-0.2, -0.15) is 0 Å². The summed E-state index contributed by atoms with van der Waals surface area (Å²) >= 11 is 0. The van der Waals surface area contributed by atoms with E-state index in [2.05, 4.69) is 20.8 Å². The summed E-state index contributed by atoms with van der Waals surface area (Å²) in [7, 11) is 0. The van der Waals surface area contributed by atoms with Crippen molar-refractivity contribution in [2.75, 3.05) is 13.2 Å². The van der Waals surface area contributed by atoms with Crippen LogP contribution in [0.4, 0.5) is 0 Å². The van der Waals surface area contributed by atoms with Gasteiger partial charge in [0.2, 0.25) is 0 Å². The summed E-state index contributed by atoms with van der Waals surface area (Å²) in [4.78, 5) is 12.0. The second-order valence-corrected chi connectivity index (χ2v) is 6.20. The molecular weight excluding hydrogens is 252 g/mol. The van der Waals surface area contributed by atoms with E-state index in [9.17, 15) is 4.79 Å². The smallest absolute Gasteiger partial charge is 0.309 e. The lowest BCUT2D eigenvalue weighted by Crippen LogP contribution is -2.24. The first-order valence-electron chi connectivity index (χ1n) is 7.27. The van der Waals surface area contributed by atoms with Gasteiger partial charge in [0, 0.05) is 0 Å². The zero-order valence-electron chi connectivity index (χ0n) is 13.0. The van der Waals surface area contributed by atoms with Crippen molar-refractivity contribution in [3.63, 3.8) is 0 Å². The molecule has 0 spiro atoms. The summed E-state index contributed by atoms with van der Waals surface area (Å²) in [5.74, 6) is 0.663. The third kappa shape index (κ3) is 6.60. The van der Waals surface area contributed by atoms with E-state index in [1.54, 1.807) is 0 Å². The quantitative estimate of drug-likeness (QED) is 0.557. The zero-order chi connectivity index (χ0) is 15.0. The normalized spacial score (nSPS) is 12.8. The number of benzene rings is 1. The van der Waals surface area contributed by atoms with Crippen LogP contribution < -0.4 is 4.74 Å². The Morgan fingerprint density at radius 3 is 2.35 bits per heavy atom. The fraction of sp³-hybridized carbons (Fsp3) is 0.588. The number of rotatable bonds is 7. The topological polar surface area (TPSA) is 35.5 Å². The van der Waals surface area contributed by atoms with Crippen LogP contribution in [0.1, 0.15) is 40.5 Å². The molecule has 1 aromatic carbocycles. The first kappa shape index (κ1) is 16.5. The highest BCUT2D eigenvalue weighted by Gasteiger charge is 2.24. The largest absolute Gasteiger partial charge is 0.490 e. The highest BCUT2D eigenvalue weighted by Crippen LogP contribution is 2.26. The zero-order valence-corrected chi connectivity index (χ0v) is 13.0. The van der Waals surface area contributed by atoms with E-state index < -0.39 is 0 Å². The summed E-state index contributed by atoms with van der Waals surface area (Å²) in [6.07, 6.45) is 1.66. The molecule has 0 amide bonds. The number of esters is 1. The molecule has 0 bridgehead atoms. The Morgan fingerprint density at radius 1 is 1.15 bits per heavy atom. The molecule has 0 fully saturated rings. The monoisotopic (exact) mass is 278 g/mol. The molecule has 3 heteroatoms. The van der Waals surface area contributed by atoms with E-state index >= 15 is 0 Å². The van der Waals surface area contributed by atoms with Crippen molar-refractivity contribution in [1.82, 2.24) is 0 Å². The standard InChI is InChI=1S/C17H26O3/c1-5-14(13-17(2,3)4)16(18)20-12-11-19-15-9-7-6-8-10-15/h6-10,14H,5,11-13H2,1-4H3. The molecule has 0 saturated carbocycles. The van der Waals surface area contributed by atoms with Crippen LogP contribution >= 0.6 is 0 Å². The van der Waals surface area contributed by atoms with Gasteiger partial charge < -0.3 is 9.47 Å². The van der Waals surface area contributed by atoms with Crippen molar-refractivity contribution in [3.8, 4) is 5.75 Å². The van der Waals surface area contributed by atoms with Crippen LogP contribution in [0.3, 0.4) is 0 Å². The number of hydrogen-bond donors (Lipinski definition) is 0. The average molecular weight is 278 g/mol. The molecule has 0 N–H and O–H groups in total. The van der Waals surface area contributed by atoms with Gasteiger partial charge in [-0.05, 0) is 30.4 Å². The molecule has 0 aliphatic carbocycles. The van der Waals surface area contributed by atoms with E-state index in [4.69, 9.17) is 9.47 Å². The summed E-state index contributed by atoms with van der Waals surface area (Å²) in [5.41, 5.74) is 0.139. The first-order chi connectivity index (χ1) is 9.42. The lowest BCUT2D eigenvalue weighted by atomic mass is 9.83. The van der Waals surface area contributed by atoms with E-state index in [1.165, 1.54) is 0 Å². The molecule has 0 aliphatic rings. The molecule has 20 heavy (non-hydrogen) atoms. The number of carbonyl (C=O) groups excluding carboxylic acids is 1. The maximum absolute atomic E-state index is 12.0. The van der Waals surface area contributed by atoms with E-state index in [-0.39, 0.29) is 17.3 Å². The van der Waals surface area contributed by atoms with Crippen LogP contribution in [0, 0.1) is 11.3 Å².